The number of aryl methyl sites for hydroxylation is 2. The average molecular weight is 493 g/mol. The van der Waals surface area contributed by atoms with Gasteiger partial charge in [0, 0.05) is 31.9 Å². The fourth-order valence-corrected chi connectivity index (χ4v) is 4.84. The summed E-state index contributed by atoms with van der Waals surface area (Å²) in [7, 11) is 4.66. The predicted octanol–water partition coefficient (Wildman–Crippen LogP) is 2.58. The second-order valence-electron chi connectivity index (χ2n) is 6.80. The molecule has 11 nitrogen and oxygen atoms in total. The lowest BCUT2D eigenvalue weighted by Crippen LogP contribution is -2.37. The molecule has 2 N–H and O–H groups in total. The van der Waals surface area contributed by atoms with Gasteiger partial charge in [-0.3, -0.25) is 19.2 Å². The summed E-state index contributed by atoms with van der Waals surface area (Å²) in [4.78, 5) is 41.4. The highest BCUT2D eigenvalue weighted by Gasteiger charge is 2.19. The van der Waals surface area contributed by atoms with Crippen molar-refractivity contribution in [3.05, 3.63) is 49.6 Å². The smallest absolute Gasteiger partial charge is 0.316 e. The molecule has 0 saturated carbocycles. The van der Waals surface area contributed by atoms with Gasteiger partial charge in [0.15, 0.2) is 20.7 Å². The van der Waals surface area contributed by atoms with E-state index < -0.39 is 17.3 Å². The van der Waals surface area contributed by atoms with Gasteiger partial charge >= 0.3 is 11.7 Å². The fourth-order valence-electron chi connectivity index (χ4n) is 2.96. The number of urea groups is 1. The topological polar surface area (TPSA) is 129 Å². The molecule has 2 amide bonds. The Labute approximate surface area is 194 Å². The Hall–Kier alpha value is -3.16. The van der Waals surface area contributed by atoms with Gasteiger partial charge in [-0.25, -0.2) is 14.6 Å². The molecule has 32 heavy (non-hydrogen) atoms. The van der Waals surface area contributed by atoms with Crippen LogP contribution in [0.1, 0.15) is 5.56 Å². The van der Waals surface area contributed by atoms with Crippen molar-refractivity contribution >= 4 is 62.7 Å². The maximum Gasteiger partial charge on any atom is 0.332 e. The number of halogens is 1. The van der Waals surface area contributed by atoms with E-state index in [2.05, 4.69) is 25.8 Å². The third-order valence-electron chi connectivity index (χ3n) is 4.76. The second-order valence-corrected chi connectivity index (χ2v) is 9.40. The molecule has 166 valence electrons. The van der Waals surface area contributed by atoms with Gasteiger partial charge in [-0.1, -0.05) is 29.0 Å². The van der Waals surface area contributed by atoms with Gasteiger partial charge in [-0.15, -0.1) is 10.2 Å². The molecule has 3 heterocycles. The fraction of sp³-hybridized carbons (Fsp3) is 0.222. The zero-order chi connectivity index (χ0) is 23.2. The van der Waals surface area contributed by atoms with Crippen molar-refractivity contribution in [2.75, 3.05) is 10.6 Å². The van der Waals surface area contributed by atoms with Crippen molar-refractivity contribution in [1.29, 1.82) is 0 Å². The maximum atomic E-state index is 12.5. The first-order chi connectivity index (χ1) is 15.2. The summed E-state index contributed by atoms with van der Waals surface area (Å²) in [5, 5.41) is 14.7. The second kappa shape index (κ2) is 8.41. The third kappa shape index (κ3) is 3.89. The SMILES string of the molecule is Cc1c(Cl)cccc1NC(=O)Nc1nnc(Sc2nc3c(c(=O)n(C)c(=O)n3C)n2C)s1. The number of carbonyl (C=O) groups excluding carboxylic acids is 1. The number of imidazole rings is 1. The Morgan fingerprint density at radius 2 is 1.84 bits per heavy atom. The third-order valence-corrected chi connectivity index (χ3v) is 7.10. The Morgan fingerprint density at radius 1 is 1.09 bits per heavy atom. The van der Waals surface area contributed by atoms with E-state index in [1.165, 1.54) is 23.4 Å². The minimum Gasteiger partial charge on any atom is -0.316 e. The standard InChI is InChI=1S/C18H17ClN8O3S2/c1-8-9(19)6-5-7-10(8)20-14(29)22-15-23-24-17(31-15)32-16-21-12-11(25(16)2)13(28)27(4)18(30)26(12)3/h5-7H,1-4H3,(H2,20,22,23,29). The van der Waals surface area contributed by atoms with E-state index in [1.807, 2.05) is 0 Å². The van der Waals surface area contributed by atoms with Crippen LogP contribution < -0.4 is 21.9 Å². The lowest BCUT2D eigenvalue weighted by molar-refractivity contribution is 0.262. The molecule has 0 atom stereocenters. The van der Waals surface area contributed by atoms with E-state index in [0.717, 1.165) is 21.5 Å². The van der Waals surface area contributed by atoms with E-state index in [9.17, 15) is 14.4 Å². The van der Waals surface area contributed by atoms with Gasteiger partial charge in [-0.05, 0) is 36.4 Å². The summed E-state index contributed by atoms with van der Waals surface area (Å²) >= 11 is 8.39. The molecule has 14 heteroatoms. The highest BCUT2D eigenvalue weighted by Crippen LogP contribution is 2.32. The molecule has 0 aliphatic rings. The minimum absolute atomic E-state index is 0.280. The zero-order valence-electron chi connectivity index (χ0n) is 17.3. The number of anilines is 2. The number of hydrogen-bond donors (Lipinski definition) is 2. The lowest BCUT2D eigenvalue weighted by atomic mass is 10.2. The largest absolute Gasteiger partial charge is 0.332 e. The van der Waals surface area contributed by atoms with Gasteiger partial charge in [-0.2, -0.15) is 0 Å². The normalized spacial score (nSPS) is 11.2. The Morgan fingerprint density at radius 3 is 2.59 bits per heavy atom. The number of nitrogens with one attached hydrogen (secondary N) is 2. The van der Waals surface area contributed by atoms with Crippen LogP contribution in [0.3, 0.4) is 0 Å². The number of benzene rings is 1. The molecule has 0 radical (unpaired) electrons. The zero-order valence-corrected chi connectivity index (χ0v) is 19.7. The Bertz CT molecular complexity index is 1490. The van der Waals surface area contributed by atoms with Gasteiger partial charge in [0.2, 0.25) is 5.13 Å². The average Bonchev–Trinajstić information content (AvgIpc) is 3.32. The molecular formula is C18H17ClN8O3S2. The monoisotopic (exact) mass is 492 g/mol. The van der Waals surface area contributed by atoms with Crippen LogP contribution in [-0.2, 0) is 21.1 Å². The molecule has 0 aliphatic carbocycles. The molecule has 0 fully saturated rings. The van der Waals surface area contributed by atoms with Crippen LogP contribution in [0, 0.1) is 6.92 Å². The highest BCUT2D eigenvalue weighted by molar-refractivity contribution is 8.01. The quantitative estimate of drug-likeness (QED) is 0.419. The summed E-state index contributed by atoms with van der Waals surface area (Å²) in [6, 6.07) is 4.74. The molecule has 0 aliphatic heterocycles. The summed E-state index contributed by atoms with van der Waals surface area (Å²) in [5.74, 6) is 0. The number of amides is 2. The van der Waals surface area contributed by atoms with Crippen LogP contribution >= 0.6 is 34.7 Å². The number of hydrogen-bond acceptors (Lipinski definition) is 8. The summed E-state index contributed by atoms with van der Waals surface area (Å²) in [6.45, 7) is 1.80. The number of rotatable bonds is 4. The minimum atomic E-state index is -0.482. The molecule has 0 bridgehead atoms. The number of aromatic nitrogens is 6. The van der Waals surface area contributed by atoms with Crippen LogP contribution in [0.15, 0.2) is 37.3 Å². The summed E-state index contributed by atoms with van der Waals surface area (Å²) < 4.78 is 4.45. The van der Waals surface area contributed by atoms with Crippen LogP contribution in [0.5, 0.6) is 0 Å². The molecule has 0 unspecified atom stereocenters. The molecule has 4 rings (SSSR count). The first-order valence-corrected chi connectivity index (χ1v) is 11.2. The number of fused-ring (bicyclic) bond motifs is 1. The predicted molar refractivity (Wildman–Crippen MR) is 124 cm³/mol. The van der Waals surface area contributed by atoms with Gasteiger partial charge in [0.05, 0.1) is 0 Å². The first kappa shape index (κ1) is 22.0. The van der Waals surface area contributed by atoms with Crippen molar-refractivity contribution in [2.45, 2.75) is 16.4 Å². The molecule has 0 saturated heterocycles. The molecule has 0 spiro atoms. The van der Waals surface area contributed by atoms with E-state index in [1.54, 1.807) is 43.8 Å². The van der Waals surface area contributed by atoms with Crippen LogP contribution in [0.4, 0.5) is 15.6 Å². The maximum absolute atomic E-state index is 12.5. The molecule has 3 aromatic heterocycles. The summed E-state index contributed by atoms with van der Waals surface area (Å²) in [5.41, 5.74) is 1.03. The van der Waals surface area contributed by atoms with E-state index >= 15 is 0 Å². The first-order valence-electron chi connectivity index (χ1n) is 9.14. The molecule has 4 aromatic rings. The van der Waals surface area contributed by atoms with Crippen molar-refractivity contribution in [3.63, 3.8) is 0 Å². The van der Waals surface area contributed by atoms with Crippen molar-refractivity contribution < 1.29 is 4.79 Å². The molecular weight excluding hydrogens is 476 g/mol. The Kier molecular flexibility index (Phi) is 5.79. The lowest BCUT2D eigenvalue weighted by Gasteiger charge is -2.09. The van der Waals surface area contributed by atoms with Gasteiger partial charge < -0.3 is 9.88 Å². The van der Waals surface area contributed by atoms with E-state index in [-0.39, 0.29) is 10.8 Å². The number of nitrogens with zero attached hydrogens (tertiary/aromatic N) is 6. The van der Waals surface area contributed by atoms with Gasteiger partial charge in [0.1, 0.15) is 0 Å². The van der Waals surface area contributed by atoms with E-state index in [0.29, 0.717) is 25.7 Å². The van der Waals surface area contributed by atoms with Crippen molar-refractivity contribution in [3.8, 4) is 0 Å². The van der Waals surface area contributed by atoms with Crippen molar-refractivity contribution in [1.82, 2.24) is 28.9 Å². The van der Waals surface area contributed by atoms with Crippen molar-refractivity contribution in [2.24, 2.45) is 21.1 Å². The highest BCUT2D eigenvalue weighted by atomic mass is 35.5. The molecule has 1 aromatic carbocycles. The summed E-state index contributed by atoms with van der Waals surface area (Å²) in [6.07, 6.45) is 0. The van der Waals surface area contributed by atoms with Crippen LogP contribution in [-0.4, -0.2) is 34.9 Å². The van der Waals surface area contributed by atoms with E-state index in [4.69, 9.17) is 11.6 Å². The number of carbonyl (C=O) groups is 1. The Balaban J connectivity index is 1.54. The van der Waals surface area contributed by atoms with Crippen LogP contribution in [0.25, 0.3) is 11.2 Å². The van der Waals surface area contributed by atoms with Gasteiger partial charge in [0.25, 0.3) is 5.56 Å². The van der Waals surface area contributed by atoms with Crippen LogP contribution in [0.2, 0.25) is 5.02 Å².